The Morgan fingerprint density at radius 3 is 1.60 bits per heavy atom. The smallest absolute Gasteiger partial charge is 0.334 e. The first-order valence-electron chi connectivity index (χ1n) is 5.61. The lowest BCUT2D eigenvalue weighted by molar-refractivity contribution is -0.148. The Hall–Kier alpha value is -0.610. The van der Waals surface area contributed by atoms with E-state index in [1.165, 1.54) is 38.5 Å². The molecule has 15 heavy (non-hydrogen) atoms. The number of carbonyl (C=O) groups is 1. The van der Waals surface area contributed by atoms with Crippen molar-refractivity contribution in [2.75, 3.05) is 6.61 Å². The molecule has 4 heteroatoms. The molecule has 92 valence electrons. The van der Waals surface area contributed by atoms with Crippen molar-refractivity contribution in [2.24, 2.45) is 0 Å². The lowest BCUT2D eigenvalue weighted by atomic mass is 10.1. The monoisotopic (exact) mass is 220 g/mol. The van der Waals surface area contributed by atoms with E-state index in [-0.39, 0.29) is 0 Å². The molecule has 0 fully saturated rings. The van der Waals surface area contributed by atoms with E-state index in [9.17, 15) is 4.79 Å². The summed E-state index contributed by atoms with van der Waals surface area (Å²) in [6, 6.07) is 0. The van der Waals surface area contributed by atoms with Crippen LogP contribution < -0.4 is 0 Å². The number of unbranched alkanes of at least 4 members (excludes halogenated alkanes) is 5. The molecule has 0 aromatic rings. The fourth-order valence-corrected chi connectivity index (χ4v) is 0.932. The third kappa shape index (κ3) is 16.1. The highest BCUT2D eigenvalue weighted by Gasteiger charge is 2.08. The highest BCUT2D eigenvalue weighted by atomic mass is 16.4. The molecular formula is C11H24O4. The summed E-state index contributed by atoms with van der Waals surface area (Å²) < 4.78 is 0. The number of aliphatic carboxylic acids is 1. The van der Waals surface area contributed by atoms with Crippen molar-refractivity contribution in [1.29, 1.82) is 0 Å². The van der Waals surface area contributed by atoms with Gasteiger partial charge < -0.3 is 15.3 Å². The summed E-state index contributed by atoms with van der Waals surface area (Å²) in [5.74, 6) is -1.40. The summed E-state index contributed by atoms with van der Waals surface area (Å²) in [4.78, 5) is 9.52. The minimum Gasteiger partial charge on any atom is -0.479 e. The summed E-state index contributed by atoms with van der Waals surface area (Å²) >= 11 is 0. The molecule has 0 aliphatic rings. The molecule has 0 saturated carbocycles. The van der Waals surface area contributed by atoms with Crippen molar-refractivity contribution in [1.82, 2.24) is 0 Å². The van der Waals surface area contributed by atoms with Gasteiger partial charge in [0.2, 0.25) is 0 Å². The van der Waals surface area contributed by atoms with Crippen LogP contribution in [0.1, 0.15) is 52.4 Å². The Morgan fingerprint density at radius 2 is 1.47 bits per heavy atom. The van der Waals surface area contributed by atoms with Crippen LogP contribution in [0.4, 0.5) is 0 Å². The standard InChI is InChI=1S/C8H18.C3H6O4/c1-3-5-7-8-6-4-2;4-1-2(5)3(6)7/h3-8H2,1-2H3;2,4-5H,1H2,(H,6,7). The first kappa shape index (κ1) is 16.8. The second-order valence-electron chi connectivity index (χ2n) is 3.45. The summed E-state index contributed by atoms with van der Waals surface area (Å²) in [6.07, 6.45) is 6.86. The molecule has 0 rings (SSSR count). The number of hydrogen-bond donors (Lipinski definition) is 3. The van der Waals surface area contributed by atoms with Crippen molar-refractivity contribution in [3.05, 3.63) is 0 Å². The average Bonchev–Trinajstić information content (AvgIpc) is 2.24. The summed E-state index contributed by atoms with van der Waals surface area (Å²) in [7, 11) is 0. The third-order valence-corrected chi connectivity index (χ3v) is 1.92. The lowest BCUT2D eigenvalue weighted by Gasteiger charge is -1.95. The number of rotatable bonds is 7. The summed E-state index contributed by atoms with van der Waals surface area (Å²) in [5, 5.41) is 23.7. The van der Waals surface area contributed by atoms with Gasteiger partial charge in [0.25, 0.3) is 0 Å². The van der Waals surface area contributed by atoms with Crippen molar-refractivity contribution >= 4 is 5.97 Å². The second kappa shape index (κ2) is 13.4. The van der Waals surface area contributed by atoms with Crippen molar-refractivity contribution in [2.45, 2.75) is 58.5 Å². The molecule has 0 aromatic heterocycles. The Bertz CT molecular complexity index is 131. The number of aliphatic hydroxyl groups excluding tert-OH is 2. The van der Waals surface area contributed by atoms with Crippen LogP contribution in [0.2, 0.25) is 0 Å². The van der Waals surface area contributed by atoms with Gasteiger partial charge in [-0.05, 0) is 0 Å². The van der Waals surface area contributed by atoms with Gasteiger partial charge in [-0.1, -0.05) is 52.4 Å². The van der Waals surface area contributed by atoms with Gasteiger partial charge in [0, 0.05) is 0 Å². The Balaban J connectivity index is 0. The Labute approximate surface area is 91.9 Å². The van der Waals surface area contributed by atoms with Gasteiger partial charge >= 0.3 is 5.97 Å². The fourth-order valence-electron chi connectivity index (χ4n) is 0.932. The largest absolute Gasteiger partial charge is 0.479 e. The minimum atomic E-state index is -1.63. The number of carboxylic acid groups (broad SMARTS) is 1. The highest BCUT2D eigenvalue weighted by Crippen LogP contribution is 2.03. The van der Waals surface area contributed by atoms with E-state index in [4.69, 9.17) is 15.3 Å². The van der Waals surface area contributed by atoms with Gasteiger partial charge in [-0.2, -0.15) is 0 Å². The van der Waals surface area contributed by atoms with E-state index >= 15 is 0 Å². The zero-order valence-electron chi connectivity index (χ0n) is 9.78. The van der Waals surface area contributed by atoms with E-state index in [1.54, 1.807) is 0 Å². The summed E-state index contributed by atoms with van der Waals surface area (Å²) in [6.45, 7) is 3.78. The van der Waals surface area contributed by atoms with Crippen molar-refractivity contribution < 1.29 is 20.1 Å². The van der Waals surface area contributed by atoms with E-state index in [2.05, 4.69) is 13.8 Å². The molecule has 4 nitrogen and oxygen atoms in total. The van der Waals surface area contributed by atoms with E-state index in [1.807, 2.05) is 0 Å². The number of hydrogen-bond acceptors (Lipinski definition) is 3. The molecule has 0 aliphatic heterocycles. The Morgan fingerprint density at radius 1 is 1.07 bits per heavy atom. The molecule has 3 N–H and O–H groups in total. The molecule has 0 spiro atoms. The van der Waals surface area contributed by atoms with Gasteiger partial charge in [0.05, 0.1) is 6.61 Å². The van der Waals surface area contributed by atoms with E-state index in [0.717, 1.165) is 0 Å². The molecule has 0 amide bonds. The molecular weight excluding hydrogens is 196 g/mol. The van der Waals surface area contributed by atoms with Crippen LogP contribution in [0.5, 0.6) is 0 Å². The van der Waals surface area contributed by atoms with Gasteiger partial charge in [-0.25, -0.2) is 4.79 Å². The lowest BCUT2D eigenvalue weighted by Crippen LogP contribution is -2.22. The molecule has 0 radical (unpaired) electrons. The molecule has 0 heterocycles. The normalized spacial score (nSPS) is 11.5. The van der Waals surface area contributed by atoms with Gasteiger partial charge in [0.1, 0.15) is 0 Å². The van der Waals surface area contributed by atoms with Gasteiger partial charge in [-0.3, -0.25) is 0 Å². The van der Waals surface area contributed by atoms with Crippen molar-refractivity contribution in [3.8, 4) is 0 Å². The highest BCUT2D eigenvalue weighted by molar-refractivity contribution is 5.71. The molecule has 0 aromatic carbocycles. The van der Waals surface area contributed by atoms with Crippen LogP contribution in [0.15, 0.2) is 0 Å². The molecule has 1 atom stereocenters. The SMILES string of the molecule is CCCCCCCC.O=C(O)C(O)CO. The average molecular weight is 220 g/mol. The molecule has 0 aliphatic carbocycles. The zero-order valence-corrected chi connectivity index (χ0v) is 9.78. The topological polar surface area (TPSA) is 77.8 Å². The quantitative estimate of drug-likeness (QED) is 0.572. The number of carboxylic acids is 1. The van der Waals surface area contributed by atoms with E-state index in [0.29, 0.717) is 0 Å². The van der Waals surface area contributed by atoms with Gasteiger partial charge in [0.15, 0.2) is 6.10 Å². The third-order valence-electron chi connectivity index (χ3n) is 1.92. The fraction of sp³-hybridized carbons (Fsp3) is 0.909. The minimum absolute atomic E-state index is 0.727. The predicted molar refractivity (Wildman–Crippen MR) is 59.8 cm³/mol. The van der Waals surface area contributed by atoms with E-state index < -0.39 is 18.7 Å². The van der Waals surface area contributed by atoms with Crippen LogP contribution >= 0.6 is 0 Å². The maximum atomic E-state index is 9.52. The summed E-state index contributed by atoms with van der Waals surface area (Å²) in [5.41, 5.74) is 0. The van der Waals surface area contributed by atoms with Crippen LogP contribution in [0, 0.1) is 0 Å². The molecule has 0 saturated heterocycles. The van der Waals surface area contributed by atoms with Crippen molar-refractivity contribution in [3.63, 3.8) is 0 Å². The Kier molecular flexibility index (Phi) is 15.0. The number of aliphatic hydroxyl groups is 2. The van der Waals surface area contributed by atoms with Crippen LogP contribution in [0.3, 0.4) is 0 Å². The first-order chi connectivity index (χ1) is 7.09. The van der Waals surface area contributed by atoms with Crippen LogP contribution in [0.25, 0.3) is 0 Å². The first-order valence-corrected chi connectivity index (χ1v) is 5.61. The van der Waals surface area contributed by atoms with Crippen LogP contribution in [-0.2, 0) is 4.79 Å². The second-order valence-corrected chi connectivity index (χ2v) is 3.45. The molecule has 0 bridgehead atoms. The predicted octanol–water partition coefficient (Wildman–Crippen LogP) is 1.79. The van der Waals surface area contributed by atoms with Gasteiger partial charge in [-0.15, -0.1) is 0 Å². The molecule has 1 unspecified atom stereocenters. The maximum Gasteiger partial charge on any atom is 0.334 e. The maximum absolute atomic E-state index is 9.52. The van der Waals surface area contributed by atoms with Crippen LogP contribution in [-0.4, -0.2) is 34.0 Å². The zero-order chi connectivity index (χ0) is 12.1.